The maximum absolute atomic E-state index is 12.5. The fourth-order valence-corrected chi connectivity index (χ4v) is 3.99. The summed E-state index contributed by atoms with van der Waals surface area (Å²) in [5.41, 5.74) is 2.07. The van der Waals surface area contributed by atoms with Gasteiger partial charge < -0.3 is 15.0 Å². The van der Waals surface area contributed by atoms with Crippen LogP contribution in [0.2, 0.25) is 0 Å². The van der Waals surface area contributed by atoms with Crippen LogP contribution in [0.3, 0.4) is 0 Å². The van der Waals surface area contributed by atoms with Crippen LogP contribution in [0, 0.1) is 0 Å². The average Bonchev–Trinajstić information content (AvgIpc) is 2.75. The third kappa shape index (κ3) is 4.95. The van der Waals surface area contributed by atoms with Crippen molar-refractivity contribution in [2.24, 2.45) is 0 Å². The van der Waals surface area contributed by atoms with Crippen molar-refractivity contribution < 1.29 is 14.3 Å². The van der Waals surface area contributed by atoms with E-state index in [0.29, 0.717) is 18.7 Å². The number of anilines is 1. The second kappa shape index (κ2) is 9.09. The van der Waals surface area contributed by atoms with Crippen molar-refractivity contribution >= 4 is 17.5 Å². The lowest BCUT2D eigenvalue weighted by Gasteiger charge is -2.33. The van der Waals surface area contributed by atoms with Gasteiger partial charge in [-0.25, -0.2) is 0 Å². The third-order valence-corrected chi connectivity index (χ3v) is 5.57. The highest BCUT2D eigenvalue weighted by Gasteiger charge is 2.26. The SMILES string of the molecule is O=C(CCN1C(=O)COc2ccccc21)NC1CCN(Cc2ccccc2)CC1. The Hall–Kier alpha value is -2.86. The first-order valence-electron chi connectivity index (χ1n) is 10.3. The number of nitrogens with one attached hydrogen (secondary N) is 1. The molecule has 0 saturated carbocycles. The van der Waals surface area contributed by atoms with Gasteiger partial charge in [0.25, 0.3) is 5.91 Å². The summed E-state index contributed by atoms with van der Waals surface area (Å²) in [4.78, 5) is 28.7. The zero-order valence-electron chi connectivity index (χ0n) is 16.5. The van der Waals surface area contributed by atoms with Gasteiger partial charge in [0.15, 0.2) is 6.61 Å². The maximum atomic E-state index is 12.5. The Kier molecular flexibility index (Phi) is 6.10. The highest BCUT2D eigenvalue weighted by Crippen LogP contribution is 2.31. The Morgan fingerprint density at radius 2 is 1.76 bits per heavy atom. The molecule has 1 N–H and O–H groups in total. The molecule has 1 saturated heterocycles. The van der Waals surface area contributed by atoms with Crippen LogP contribution in [0.1, 0.15) is 24.8 Å². The van der Waals surface area contributed by atoms with Gasteiger partial charge in [0, 0.05) is 38.6 Å². The van der Waals surface area contributed by atoms with Crippen LogP contribution in [0.4, 0.5) is 5.69 Å². The minimum atomic E-state index is -0.106. The molecule has 2 aromatic rings. The van der Waals surface area contributed by atoms with Crippen molar-refractivity contribution in [2.45, 2.75) is 31.8 Å². The van der Waals surface area contributed by atoms with Gasteiger partial charge in [0.1, 0.15) is 5.75 Å². The molecule has 2 aliphatic rings. The van der Waals surface area contributed by atoms with Gasteiger partial charge in [0.05, 0.1) is 5.69 Å². The minimum Gasteiger partial charge on any atom is -0.482 e. The van der Waals surface area contributed by atoms with Crippen LogP contribution in [-0.2, 0) is 16.1 Å². The van der Waals surface area contributed by atoms with Crippen LogP contribution in [0.15, 0.2) is 54.6 Å². The summed E-state index contributed by atoms with van der Waals surface area (Å²) in [5, 5.41) is 3.15. The van der Waals surface area contributed by atoms with Crippen molar-refractivity contribution in [3.05, 3.63) is 60.2 Å². The van der Waals surface area contributed by atoms with E-state index in [2.05, 4.69) is 34.5 Å². The number of ether oxygens (including phenoxy) is 1. The maximum Gasteiger partial charge on any atom is 0.265 e. The lowest BCUT2D eigenvalue weighted by atomic mass is 10.0. The van der Waals surface area contributed by atoms with E-state index < -0.39 is 0 Å². The van der Waals surface area contributed by atoms with Crippen LogP contribution in [-0.4, -0.2) is 49.0 Å². The molecule has 0 aliphatic carbocycles. The summed E-state index contributed by atoms with van der Waals surface area (Å²) in [6.45, 7) is 3.32. The molecule has 2 amide bonds. The smallest absolute Gasteiger partial charge is 0.265 e. The number of hydrogen-bond donors (Lipinski definition) is 1. The molecule has 152 valence electrons. The normalized spacial score (nSPS) is 17.5. The first-order valence-corrected chi connectivity index (χ1v) is 10.3. The molecule has 0 spiro atoms. The Morgan fingerprint density at radius 3 is 2.55 bits per heavy atom. The zero-order valence-corrected chi connectivity index (χ0v) is 16.5. The first kappa shape index (κ1) is 19.5. The number of para-hydroxylation sites is 2. The monoisotopic (exact) mass is 393 g/mol. The molecule has 1 fully saturated rings. The zero-order chi connectivity index (χ0) is 20.1. The number of amides is 2. The van der Waals surface area contributed by atoms with E-state index >= 15 is 0 Å². The summed E-state index contributed by atoms with van der Waals surface area (Å²) >= 11 is 0. The van der Waals surface area contributed by atoms with E-state index in [1.54, 1.807) is 4.90 Å². The quantitative estimate of drug-likeness (QED) is 0.820. The molecule has 2 heterocycles. The molecular weight excluding hydrogens is 366 g/mol. The molecule has 0 bridgehead atoms. The van der Waals surface area contributed by atoms with Crippen LogP contribution in [0.25, 0.3) is 0 Å². The average molecular weight is 393 g/mol. The molecule has 6 nitrogen and oxygen atoms in total. The molecule has 6 heteroatoms. The number of likely N-dealkylation sites (tertiary alicyclic amines) is 1. The largest absolute Gasteiger partial charge is 0.482 e. The minimum absolute atomic E-state index is 0.00304. The summed E-state index contributed by atoms with van der Waals surface area (Å²) < 4.78 is 5.45. The van der Waals surface area contributed by atoms with Gasteiger partial charge in [-0.15, -0.1) is 0 Å². The predicted octanol–water partition coefficient (Wildman–Crippen LogP) is 2.58. The second-order valence-electron chi connectivity index (χ2n) is 7.66. The van der Waals surface area contributed by atoms with E-state index in [1.807, 2.05) is 30.3 Å². The number of nitrogens with zero attached hydrogens (tertiary/aromatic N) is 2. The van der Waals surface area contributed by atoms with Gasteiger partial charge in [-0.2, -0.15) is 0 Å². The topological polar surface area (TPSA) is 61.9 Å². The van der Waals surface area contributed by atoms with E-state index in [-0.39, 0.29) is 24.5 Å². The summed E-state index contributed by atoms with van der Waals surface area (Å²) in [6, 6.07) is 18.1. The number of hydrogen-bond acceptors (Lipinski definition) is 4. The fraction of sp³-hybridized carbons (Fsp3) is 0.391. The van der Waals surface area contributed by atoms with E-state index in [9.17, 15) is 9.59 Å². The number of carbonyl (C=O) groups excluding carboxylic acids is 2. The molecule has 0 aromatic heterocycles. The molecule has 2 aliphatic heterocycles. The first-order chi connectivity index (χ1) is 14.2. The van der Waals surface area contributed by atoms with E-state index in [4.69, 9.17) is 4.74 Å². The standard InChI is InChI=1S/C23H27N3O3/c27-22(12-15-26-20-8-4-5-9-21(20)29-17-23(26)28)24-19-10-13-25(14-11-19)16-18-6-2-1-3-7-18/h1-9,19H,10-17H2,(H,24,27). The summed E-state index contributed by atoms with van der Waals surface area (Å²) in [5.74, 6) is 0.590. The third-order valence-electron chi connectivity index (χ3n) is 5.57. The number of benzene rings is 2. The highest BCUT2D eigenvalue weighted by atomic mass is 16.5. The number of carbonyl (C=O) groups is 2. The molecular formula is C23H27N3O3. The van der Waals surface area contributed by atoms with Gasteiger partial charge >= 0.3 is 0 Å². The summed E-state index contributed by atoms with van der Waals surface area (Å²) in [7, 11) is 0. The Labute approximate surface area is 171 Å². The number of rotatable bonds is 6. The van der Waals surface area contributed by atoms with Gasteiger partial charge in [-0.1, -0.05) is 42.5 Å². The molecule has 29 heavy (non-hydrogen) atoms. The fourth-order valence-electron chi connectivity index (χ4n) is 3.99. The lowest BCUT2D eigenvalue weighted by molar-refractivity contribution is -0.122. The van der Waals surface area contributed by atoms with Gasteiger partial charge in [-0.05, 0) is 30.5 Å². The van der Waals surface area contributed by atoms with Crippen molar-refractivity contribution in [2.75, 3.05) is 31.1 Å². The Morgan fingerprint density at radius 1 is 1.03 bits per heavy atom. The van der Waals surface area contributed by atoms with Crippen LogP contribution < -0.4 is 15.0 Å². The molecule has 0 atom stereocenters. The molecule has 0 radical (unpaired) electrons. The number of fused-ring (bicyclic) bond motifs is 1. The molecule has 0 unspecified atom stereocenters. The predicted molar refractivity (Wildman–Crippen MR) is 112 cm³/mol. The van der Waals surface area contributed by atoms with Gasteiger partial charge in [0.2, 0.25) is 5.91 Å². The number of piperidine rings is 1. The van der Waals surface area contributed by atoms with Gasteiger partial charge in [-0.3, -0.25) is 14.5 Å². The van der Waals surface area contributed by atoms with E-state index in [1.165, 1.54) is 5.56 Å². The van der Waals surface area contributed by atoms with Crippen LogP contribution in [0.5, 0.6) is 5.75 Å². The Bertz CT molecular complexity index is 847. The molecule has 2 aromatic carbocycles. The second-order valence-corrected chi connectivity index (χ2v) is 7.66. The lowest BCUT2D eigenvalue weighted by Crippen LogP contribution is -2.46. The van der Waals surface area contributed by atoms with Crippen molar-refractivity contribution in [3.8, 4) is 5.75 Å². The van der Waals surface area contributed by atoms with Crippen molar-refractivity contribution in [3.63, 3.8) is 0 Å². The summed E-state index contributed by atoms with van der Waals surface area (Å²) in [6.07, 6.45) is 2.21. The Balaban J connectivity index is 1.22. The van der Waals surface area contributed by atoms with Crippen molar-refractivity contribution in [1.82, 2.24) is 10.2 Å². The highest BCUT2D eigenvalue weighted by molar-refractivity contribution is 5.98. The van der Waals surface area contributed by atoms with Crippen LogP contribution >= 0.6 is 0 Å². The molecule has 4 rings (SSSR count). The van der Waals surface area contributed by atoms with Crippen molar-refractivity contribution in [1.29, 1.82) is 0 Å². The van der Waals surface area contributed by atoms with E-state index in [0.717, 1.165) is 38.2 Å².